The summed E-state index contributed by atoms with van der Waals surface area (Å²) in [5.41, 5.74) is 0. The van der Waals surface area contributed by atoms with Crippen molar-refractivity contribution in [2.45, 2.75) is 280 Å². The van der Waals surface area contributed by atoms with E-state index in [-0.39, 0.29) is 18.9 Å². The number of aliphatic hydroxyl groups is 8. The van der Waals surface area contributed by atoms with Crippen LogP contribution in [0.5, 0.6) is 0 Å². The number of carbonyl (C=O) groups is 1. The number of unbranched alkanes of at least 4 members (excludes halogenated alkanes) is 20. The first-order chi connectivity index (χ1) is 38.1. The number of aliphatic hydroxyl groups excluding tert-OH is 8. The third kappa shape index (κ3) is 33.6. The molecular weight excluding hydrogens is 991 g/mol. The Morgan fingerprint density at radius 2 is 0.885 bits per heavy atom. The van der Waals surface area contributed by atoms with E-state index in [1.165, 1.54) is 89.9 Å². The molecule has 0 radical (unpaired) electrons. The molecule has 2 rings (SSSR count). The molecule has 12 unspecified atom stereocenters. The standard InChI is InChI=1S/C64H109NO13/c1-3-5-7-9-10-11-12-13-14-15-16-17-18-19-20-21-22-23-24-25-26-27-28-29-30-31-32-33-34-35-36-37-38-39-40-41-42-44-46-48-56(69)65-52(53(68)47-45-43-8-6-4-2)51-75-63-61(74)59(72)62(55(50-67)77-63)78-64-60(73)58(71)57(70)54(49-66)76-64/h5,7,10-11,13-14,16-17,19-20,22-23,25-26,45,47,52-55,57-64,66-68,70-74H,3-4,6,8-9,12,15,18,21,24,27-44,46,48-51H2,1-2H3,(H,65,69)/b7-5-,11-10-,14-13-,17-16-,20-19-,23-22-,26-25-,47-45+. The van der Waals surface area contributed by atoms with Gasteiger partial charge >= 0.3 is 0 Å². The fraction of sp³-hybridized carbons (Fsp3) is 0.734. The molecule has 12 atom stereocenters. The molecule has 0 saturated carbocycles. The van der Waals surface area contributed by atoms with Gasteiger partial charge in [0.15, 0.2) is 12.6 Å². The predicted molar refractivity (Wildman–Crippen MR) is 313 cm³/mol. The molecule has 2 heterocycles. The Kier molecular flexibility index (Phi) is 44.3. The normalized spacial score (nSPS) is 25.3. The van der Waals surface area contributed by atoms with Gasteiger partial charge in [-0.05, 0) is 77.0 Å². The van der Waals surface area contributed by atoms with Gasteiger partial charge < -0.3 is 65.1 Å². The molecule has 2 saturated heterocycles. The van der Waals surface area contributed by atoms with Gasteiger partial charge in [0, 0.05) is 6.42 Å². The van der Waals surface area contributed by atoms with Gasteiger partial charge in [-0.15, -0.1) is 0 Å². The summed E-state index contributed by atoms with van der Waals surface area (Å²) >= 11 is 0. The van der Waals surface area contributed by atoms with Crippen molar-refractivity contribution >= 4 is 5.91 Å². The van der Waals surface area contributed by atoms with Crippen molar-refractivity contribution in [3.8, 4) is 0 Å². The smallest absolute Gasteiger partial charge is 0.220 e. The fourth-order valence-corrected chi connectivity index (χ4v) is 9.39. The van der Waals surface area contributed by atoms with Gasteiger partial charge in [0.25, 0.3) is 0 Å². The van der Waals surface area contributed by atoms with Crippen LogP contribution in [0, 0.1) is 0 Å². The van der Waals surface area contributed by atoms with Crippen molar-refractivity contribution < 1.29 is 64.6 Å². The highest BCUT2D eigenvalue weighted by atomic mass is 16.7. The maximum atomic E-state index is 13.1. The summed E-state index contributed by atoms with van der Waals surface area (Å²) in [6, 6.07) is -0.914. The monoisotopic (exact) mass is 1100 g/mol. The quantitative estimate of drug-likeness (QED) is 0.0204. The molecule has 1 amide bonds. The summed E-state index contributed by atoms with van der Waals surface area (Å²) in [4.78, 5) is 13.1. The van der Waals surface area contributed by atoms with E-state index in [9.17, 15) is 45.6 Å². The second kappa shape index (κ2) is 48.6. The average Bonchev–Trinajstić information content (AvgIpc) is 3.47. The van der Waals surface area contributed by atoms with Crippen molar-refractivity contribution in [3.05, 3.63) is 97.2 Å². The van der Waals surface area contributed by atoms with Crippen LogP contribution in [0.4, 0.5) is 0 Å². The molecule has 0 spiro atoms. The van der Waals surface area contributed by atoms with Crippen LogP contribution in [-0.4, -0.2) is 140 Å². The first-order valence-corrected chi connectivity index (χ1v) is 30.5. The SMILES string of the molecule is CC/C=C\C/C=C\C/C=C\C/C=C\C/C=C\C/C=C\C/C=C\CCCCCCCCCCCCCCCCCCCC(=O)NC(COC1OC(CO)C(OC2OC(CO)C(O)C(O)C2O)C(O)C1O)C(O)/C=C/CCCCC. The zero-order valence-electron chi connectivity index (χ0n) is 48.1. The Balaban J connectivity index is 1.50. The molecule has 14 heteroatoms. The van der Waals surface area contributed by atoms with Gasteiger partial charge in [0.05, 0.1) is 32.0 Å². The van der Waals surface area contributed by atoms with Crippen LogP contribution < -0.4 is 5.32 Å². The highest BCUT2D eigenvalue weighted by molar-refractivity contribution is 5.76. The largest absolute Gasteiger partial charge is 0.394 e. The van der Waals surface area contributed by atoms with Crippen LogP contribution in [0.3, 0.4) is 0 Å². The highest BCUT2D eigenvalue weighted by Crippen LogP contribution is 2.30. The zero-order chi connectivity index (χ0) is 56.7. The van der Waals surface area contributed by atoms with Crippen LogP contribution in [-0.2, 0) is 23.7 Å². The molecule has 0 aliphatic carbocycles. The minimum atomic E-state index is -1.79. The number of rotatable bonds is 47. The summed E-state index contributed by atoms with van der Waals surface area (Å²) in [6.45, 7) is 2.54. The number of amides is 1. The summed E-state index contributed by atoms with van der Waals surface area (Å²) in [5, 5.41) is 86.4. The molecule has 0 aromatic carbocycles. The molecule has 0 aromatic heterocycles. The first kappa shape index (κ1) is 71.0. The third-order valence-corrected chi connectivity index (χ3v) is 14.3. The summed E-state index contributed by atoms with van der Waals surface area (Å²) in [5.74, 6) is -0.249. The fourth-order valence-electron chi connectivity index (χ4n) is 9.39. The molecular formula is C64H109NO13. The Bertz CT molecular complexity index is 1680. The molecule has 14 nitrogen and oxygen atoms in total. The second-order valence-corrected chi connectivity index (χ2v) is 21.1. The van der Waals surface area contributed by atoms with Crippen molar-refractivity contribution in [2.24, 2.45) is 0 Å². The van der Waals surface area contributed by atoms with Crippen LogP contribution in [0.15, 0.2) is 97.2 Å². The maximum absolute atomic E-state index is 13.1. The number of ether oxygens (including phenoxy) is 4. The molecule has 0 bridgehead atoms. The summed E-state index contributed by atoms with van der Waals surface area (Å²) < 4.78 is 22.6. The van der Waals surface area contributed by atoms with E-state index in [1.54, 1.807) is 6.08 Å². The Hall–Kier alpha value is -3.09. The number of hydrogen-bond acceptors (Lipinski definition) is 13. The molecule has 78 heavy (non-hydrogen) atoms. The second-order valence-electron chi connectivity index (χ2n) is 21.1. The third-order valence-electron chi connectivity index (χ3n) is 14.3. The van der Waals surface area contributed by atoms with Crippen molar-refractivity contribution in [1.82, 2.24) is 5.32 Å². The van der Waals surface area contributed by atoms with E-state index < -0.39 is 86.8 Å². The first-order valence-electron chi connectivity index (χ1n) is 30.5. The van der Waals surface area contributed by atoms with Crippen molar-refractivity contribution in [2.75, 3.05) is 19.8 Å². The van der Waals surface area contributed by atoms with E-state index >= 15 is 0 Å². The van der Waals surface area contributed by atoms with Crippen molar-refractivity contribution in [1.29, 1.82) is 0 Å². The molecule has 2 fully saturated rings. The van der Waals surface area contributed by atoms with E-state index in [0.717, 1.165) is 89.9 Å². The summed E-state index contributed by atoms with van der Waals surface area (Å²) in [7, 11) is 0. The van der Waals surface area contributed by atoms with E-state index in [4.69, 9.17) is 18.9 Å². The summed E-state index contributed by atoms with van der Waals surface area (Å²) in [6.07, 6.45) is 51.2. The lowest BCUT2D eigenvalue weighted by atomic mass is 9.97. The zero-order valence-corrected chi connectivity index (χ0v) is 48.1. The molecule has 448 valence electrons. The van der Waals surface area contributed by atoms with Gasteiger partial charge in [-0.1, -0.05) is 220 Å². The van der Waals surface area contributed by atoms with E-state index in [2.05, 4.69) is 104 Å². The number of nitrogens with one attached hydrogen (secondary N) is 1. The van der Waals surface area contributed by atoms with Gasteiger partial charge in [-0.25, -0.2) is 0 Å². The Morgan fingerprint density at radius 3 is 1.36 bits per heavy atom. The van der Waals surface area contributed by atoms with Crippen LogP contribution in [0.2, 0.25) is 0 Å². The molecule has 2 aliphatic rings. The lowest BCUT2D eigenvalue weighted by Gasteiger charge is -2.46. The van der Waals surface area contributed by atoms with Gasteiger partial charge in [0.2, 0.25) is 5.91 Å². The lowest BCUT2D eigenvalue weighted by Crippen LogP contribution is -2.65. The lowest BCUT2D eigenvalue weighted by molar-refractivity contribution is -0.359. The number of hydrogen-bond donors (Lipinski definition) is 9. The predicted octanol–water partition coefficient (Wildman–Crippen LogP) is 10.7. The number of allylic oxidation sites excluding steroid dienone is 15. The van der Waals surface area contributed by atoms with E-state index in [1.807, 2.05) is 6.08 Å². The molecule has 0 aromatic rings. The minimum absolute atomic E-state index is 0.249. The molecule has 9 N–H and O–H groups in total. The highest BCUT2D eigenvalue weighted by Gasteiger charge is 2.51. The van der Waals surface area contributed by atoms with Gasteiger partial charge in [-0.3, -0.25) is 4.79 Å². The Morgan fingerprint density at radius 1 is 0.474 bits per heavy atom. The van der Waals surface area contributed by atoms with Crippen LogP contribution in [0.1, 0.15) is 206 Å². The number of carbonyl (C=O) groups excluding carboxylic acids is 1. The van der Waals surface area contributed by atoms with Crippen molar-refractivity contribution in [3.63, 3.8) is 0 Å². The topological polar surface area (TPSA) is 228 Å². The van der Waals surface area contributed by atoms with Gasteiger partial charge in [0.1, 0.15) is 48.8 Å². The van der Waals surface area contributed by atoms with Crippen LogP contribution in [0.25, 0.3) is 0 Å². The minimum Gasteiger partial charge on any atom is -0.394 e. The maximum Gasteiger partial charge on any atom is 0.220 e. The van der Waals surface area contributed by atoms with E-state index in [0.29, 0.717) is 6.42 Å². The van der Waals surface area contributed by atoms with Gasteiger partial charge in [-0.2, -0.15) is 0 Å². The van der Waals surface area contributed by atoms with Crippen LogP contribution >= 0.6 is 0 Å². The molecule has 2 aliphatic heterocycles. The Labute approximate surface area is 471 Å². The average molecular weight is 1100 g/mol.